The van der Waals surface area contributed by atoms with Crippen molar-refractivity contribution in [3.63, 3.8) is 0 Å². The van der Waals surface area contributed by atoms with E-state index in [1.165, 1.54) is 44.9 Å². The first kappa shape index (κ1) is 9.51. The minimum Gasteiger partial charge on any atom is -0.328 e. The van der Waals surface area contributed by atoms with Gasteiger partial charge >= 0.3 is 0 Å². The Balaban J connectivity index is 2.20. The monoisotopic (exact) mass is 181 g/mol. The molecule has 13 heavy (non-hydrogen) atoms. The van der Waals surface area contributed by atoms with Gasteiger partial charge in [0.2, 0.25) is 0 Å². The second-order valence-corrected chi connectivity index (χ2v) is 5.83. The van der Waals surface area contributed by atoms with E-state index in [2.05, 4.69) is 13.8 Å². The third-order valence-corrected chi connectivity index (χ3v) is 4.94. The fraction of sp³-hybridized carbons (Fsp3) is 1.00. The summed E-state index contributed by atoms with van der Waals surface area (Å²) >= 11 is 0. The third kappa shape index (κ3) is 1.41. The second kappa shape index (κ2) is 2.98. The summed E-state index contributed by atoms with van der Waals surface area (Å²) in [7, 11) is 0. The number of rotatable bonds is 0. The zero-order valence-electron chi connectivity index (χ0n) is 9.10. The van der Waals surface area contributed by atoms with Crippen LogP contribution >= 0.6 is 0 Å². The van der Waals surface area contributed by atoms with E-state index >= 15 is 0 Å². The summed E-state index contributed by atoms with van der Waals surface area (Å²) in [4.78, 5) is 0. The van der Waals surface area contributed by atoms with Gasteiger partial charge in [0.15, 0.2) is 0 Å². The maximum absolute atomic E-state index is 6.09. The molecule has 1 heteroatoms. The summed E-state index contributed by atoms with van der Waals surface area (Å²) in [5.74, 6) is 0. The molecule has 0 saturated heterocycles. The molecule has 0 aliphatic heterocycles. The van der Waals surface area contributed by atoms with Crippen molar-refractivity contribution in [1.82, 2.24) is 0 Å². The number of fused-ring (bicyclic) bond motifs is 1. The topological polar surface area (TPSA) is 26.0 Å². The highest BCUT2D eigenvalue weighted by atomic mass is 14.7. The van der Waals surface area contributed by atoms with Gasteiger partial charge in [0.25, 0.3) is 0 Å². The molecule has 0 spiro atoms. The molecule has 2 aliphatic carbocycles. The lowest BCUT2D eigenvalue weighted by Crippen LogP contribution is -2.48. The van der Waals surface area contributed by atoms with Gasteiger partial charge in [-0.25, -0.2) is 0 Å². The molecule has 76 valence electrons. The molecule has 0 aromatic carbocycles. The Labute approximate surface area is 82.1 Å². The van der Waals surface area contributed by atoms with Crippen LogP contribution in [0, 0.1) is 10.8 Å². The first-order valence-electron chi connectivity index (χ1n) is 5.81. The van der Waals surface area contributed by atoms with Crippen LogP contribution in [0.15, 0.2) is 0 Å². The van der Waals surface area contributed by atoms with Crippen LogP contribution < -0.4 is 5.73 Å². The maximum atomic E-state index is 6.09. The van der Waals surface area contributed by atoms with Crippen LogP contribution in [-0.2, 0) is 0 Å². The molecular formula is C12H23N. The average Bonchev–Trinajstić information content (AvgIpc) is 2.07. The van der Waals surface area contributed by atoms with Crippen LogP contribution in [0.25, 0.3) is 0 Å². The van der Waals surface area contributed by atoms with Crippen molar-refractivity contribution in [3.8, 4) is 0 Å². The van der Waals surface area contributed by atoms with Gasteiger partial charge in [0, 0.05) is 6.04 Å². The standard InChI is InChI=1S/C12H23N/c1-11-6-3-4-7-12(11,2)9-10(13)5-8-11/h10H,3-9,13H2,1-2H3. The predicted octanol–water partition coefficient (Wildman–Crippen LogP) is 3.08. The van der Waals surface area contributed by atoms with Crippen molar-refractivity contribution in [2.24, 2.45) is 16.6 Å². The van der Waals surface area contributed by atoms with Crippen molar-refractivity contribution >= 4 is 0 Å². The van der Waals surface area contributed by atoms with E-state index in [9.17, 15) is 0 Å². The molecule has 0 heterocycles. The molecule has 0 radical (unpaired) electrons. The van der Waals surface area contributed by atoms with Gasteiger partial charge in [-0.3, -0.25) is 0 Å². The molecule has 3 atom stereocenters. The molecule has 2 N–H and O–H groups in total. The van der Waals surface area contributed by atoms with Gasteiger partial charge in [0.05, 0.1) is 0 Å². The smallest absolute Gasteiger partial charge is 0.00444 e. The summed E-state index contributed by atoms with van der Waals surface area (Å²) in [5.41, 5.74) is 7.26. The molecule has 1 nitrogen and oxygen atoms in total. The van der Waals surface area contributed by atoms with E-state index in [-0.39, 0.29) is 0 Å². The molecule has 3 unspecified atom stereocenters. The quantitative estimate of drug-likeness (QED) is 0.610. The van der Waals surface area contributed by atoms with Gasteiger partial charge in [-0.05, 0) is 42.9 Å². The first-order valence-corrected chi connectivity index (χ1v) is 5.81. The van der Waals surface area contributed by atoms with Gasteiger partial charge < -0.3 is 5.73 Å². The van der Waals surface area contributed by atoms with Crippen molar-refractivity contribution in [3.05, 3.63) is 0 Å². The number of nitrogens with two attached hydrogens (primary N) is 1. The predicted molar refractivity (Wildman–Crippen MR) is 56.5 cm³/mol. The highest BCUT2D eigenvalue weighted by Gasteiger charge is 2.48. The fourth-order valence-electron chi connectivity index (χ4n) is 3.59. The normalized spacial score (nSPS) is 51.5. The molecule has 0 aromatic rings. The van der Waals surface area contributed by atoms with Crippen LogP contribution in [0.5, 0.6) is 0 Å². The van der Waals surface area contributed by atoms with Gasteiger partial charge in [-0.1, -0.05) is 26.7 Å². The Morgan fingerprint density at radius 2 is 1.62 bits per heavy atom. The van der Waals surface area contributed by atoms with Crippen LogP contribution in [-0.4, -0.2) is 6.04 Å². The Bertz CT molecular complexity index is 201. The van der Waals surface area contributed by atoms with Crippen molar-refractivity contribution in [2.75, 3.05) is 0 Å². The van der Waals surface area contributed by atoms with Gasteiger partial charge in [-0.2, -0.15) is 0 Å². The second-order valence-electron chi connectivity index (χ2n) is 5.83. The molecule has 0 amide bonds. The van der Waals surface area contributed by atoms with E-state index in [4.69, 9.17) is 5.73 Å². The molecule has 2 rings (SSSR count). The zero-order valence-corrected chi connectivity index (χ0v) is 9.10. The van der Waals surface area contributed by atoms with Crippen molar-refractivity contribution in [2.45, 2.75) is 64.8 Å². The minimum absolute atomic E-state index is 0.483. The van der Waals surface area contributed by atoms with Crippen LogP contribution in [0.3, 0.4) is 0 Å². The number of hydrogen-bond acceptors (Lipinski definition) is 1. The van der Waals surface area contributed by atoms with Gasteiger partial charge in [0.1, 0.15) is 0 Å². The van der Waals surface area contributed by atoms with E-state index in [0.29, 0.717) is 16.9 Å². The summed E-state index contributed by atoms with van der Waals surface area (Å²) in [5, 5.41) is 0. The summed E-state index contributed by atoms with van der Waals surface area (Å²) < 4.78 is 0. The lowest BCUT2D eigenvalue weighted by molar-refractivity contribution is -0.0332. The number of hydrogen-bond donors (Lipinski definition) is 1. The van der Waals surface area contributed by atoms with Crippen molar-refractivity contribution < 1.29 is 0 Å². The molecule has 2 fully saturated rings. The first-order chi connectivity index (χ1) is 6.06. The minimum atomic E-state index is 0.483. The largest absolute Gasteiger partial charge is 0.328 e. The lowest BCUT2D eigenvalue weighted by Gasteiger charge is -2.55. The van der Waals surface area contributed by atoms with E-state index in [0.717, 1.165) is 0 Å². The van der Waals surface area contributed by atoms with E-state index in [1.807, 2.05) is 0 Å². The fourth-order valence-corrected chi connectivity index (χ4v) is 3.59. The zero-order chi connectivity index (χ0) is 9.53. The third-order valence-electron chi connectivity index (χ3n) is 4.94. The summed E-state index contributed by atoms with van der Waals surface area (Å²) in [6.45, 7) is 4.98. The highest BCUT2D eigenvalue weighted by molar-refractivity contribution is 5.00. The Hall–Kier alpha value is -0.0400. The molecule has 0 aromatic heterocycles. The van der Waals surface area contributed by atoms with Crippen LogP contribution in [0.2, 0.25) is 0 Å². The Kier molecular flexibility index (Phi) is 2.18. The molecule has 2 saturated carbocycles. The molecule has 2 aliphatic rings. The lowest BCUT2D eigenvalue weighted by atomic mass is 9.51. The van der Waals surface area contributed by atoms with E-state index in [1.54, 1.807) is 0 Å². The van der Waals surface area contributed by atoms with Crippen LogP contribution in [0.1, 0.15) is 58.8 Å². The Morgan fingerprint density at radius 1 is 1.00 bits per heavy atom. The molecular weight excluding hydrogens is 158 g/mol. The van der Waals surface area contributed by atoms with Crippen LogP contribution in [0.4, 0.5) is 0 Å². The summed E-state index contributed by atoms with van der Waals surface area (Å²) in [6.07, 6.45) is 9.62. The maximum Gasteiger partial charge on any atom is 0.00444 e. The van der Waals surface area contributed by atoms with E-state index < -0.39 is 0 Å². The summed E-state index contributed by atoms with van der Waals surface area (Å²) in [6, 6.07) is 0.483. The van der Waals surface area contributed by atoms with Crippen molar-refractivity contribution in [1.29, 1.82) is 0 Å². The molecule has 0 bridgehead atoms. The average molecular weight is 181 g/mol. The van der Waals surface area contributed by atoms with Gasteiger partial charge in [-0.15, -0.1) is 0 Å². The SMILES string of the molecule is CC12CCCCC1(C)CC(N)CC2. The Morgan fingerprint density at radius 3 is 2.31 bits per heavy atom. The highest BCUT2D eigenvalue weighted by Crippen LogP contribution is 2.58.